The molecule has 2 atom stereocenters. The third-order valence-corrected chi connectivity index (χ3v) is 4.92. The van der Waals surface area contributed by atoms with Gasteiger partial charge in [0.25, 0.3) is 0 Å². The fourth-order valence-electron chi connectivity index (χ4n) is 2.94. The normalized spacial score (nSPS) is 14.6. The Balaban J connectivity index is 1.66. The van der Waals surface area contributed by atoms with Crippen molar-refractivity contribution in [1.29, 1.82) is 5.41 Å². The van der Waals surface area contributed by atoms with E-state index < -0.39 is 42.5 Å². The lowest BCUT2D eigenvalue weighted by molar-refractivity contribution is -0.138. The van der Waals surface area contributed by atoms with Gasteiger partial charge in [0.2, 0.25) is 6.29 Å². The van der Waals surface area contributed by atoms with Crippen molar-refractivity contribution in [2.24, 2.45) is 16.8 Å². The lowest BCUT2D eigenvalue weighted by atomic mass is 10.0. The number of nitrogens with two attached hydrogens (primary N) is 1. The van der Waals surface area contributed by atoms with Gasteiger partial charge in [0.1, 0.15) is 12.4 Å². The molecule has 2 aromatic rings. The number of aliphatic hydroxyl groups excluding tert-OH is 2. The van der Waals surface area contributed by atoms with E-state index in [1.807, 2.05) is 5.32 Å². The smallest absolute Gasteiger partial charge is 0.414 e. The van der Waals surface area contributed by atoms with E-state index in [1.54, 1.807) is 11.8 Å². The van der Waals surface area contributed by atoms with Crippen molar-refractivity contribution in [3.63, 3.8) is 0 Å². The number of halogens is 2. The fraction of sp³-hybridized carbons (Fsp3) is 0.333. The van der Waals surface area contributed by atoms with E-state index in [2.05, 4.69) is 10.1 Å². The second kappa shape index (κ2) is 10.9. The first-order valence-electron chi connectivity index (χ1n) is 10.2. The van der Waals surface area contributed by atoms with Gasteiger partial charge in [0.15, 0.2) is 17.6 Å². The monoisotopic (exact) mass is 478 g/mol. The summed E-state index contributed by atoms with van der Waals surface area (Å²) < 4.78 is 34.5. The minimum atomic E-state index is -1.25. The number of aliphatic hydroxyl groups is 2. The molecule has 13 heteroatoms. The largest absolute Gasteiger partial charge is 0.444 e. The number of amides is 1. The summed E-state index contributed by atoms with van der Waals surface area (Å²) >= 11 is 0. The van der Waals surface area contributed by atoms with Gasteiger partial charge >= 0.3 is 6.09 Å². The van der Waals surface area contributed by atoms with Crippen LogP contribution in [0.3, 0.4) is 0 Å². The molecular formula is C21H24F2N6O5. The summed E-state index contributed by atoms with van der Waals surface area (Å²) in [5.41, 5.74) is 5.88. The number of pyridine rings is 1. The van der Waals surface area contributed by atoms with Crippen LogP contribution in [0.4, 0.5) is 19.4 Å². The van der Waals surface area contributed by atoms with Crippen molar-refractivity contribution < 1.29 is 33.4 Å². The van der Waals surface area contributed by atoms with E-state index in [0.717, 1.165) is 6.07 Å². The van der Waals surface area contributed by atoms with Crippen molar-refractivity contribution in [1.82, 2.24) is 10.3 Å². The van der Waals surface area contributed by atoms with Gasteiger partial charge in [-0.05, 0) is 6.07 Å². The van der Waals surface area contributed by atoms with Crippen LogP contribution in [-0.2, 0) is 16.2 Å². The van der Waals surface area contributed by atoms with E-state index in [1.165, 1.54) is 24.4 Å². The lowest BCUT2D eigenvalue weighted by Gasteiger charge is -2.33. The maximum Gasteiger partial charge on any atom is 0.414 e. The molecule has 6 N–H and O–H groups in total. The van der Waals surface area contributed by atoms with E-state index >= 15 is 0 Å². The van der Waals surface area contributed by atoms with Crippen LogP contribution in [0.2, 0.25) is 0 Å². The average Bonchev–Trinajstić information content (AvgIpc) is 2.77. The summed E-state index contributed by atoms with van der Waals surface area (Å²) in [6, 6.07) is 5.51. The van der Waals surface area contributed by atoms with Crippen LogP contribution in [0.5, 0.6) is 0 Å². The molecule has 1 aromatic heterocycles. The molecule has 0 saturated carbocycles. The van der Waals surface area contributed by atoms with Crippen molar-refractivity contribution in [3.05, 3.63) is 47.7 Å². The van der Waals surface area contributed by atoms with Crippen LogP contribution < -0.4 is 16.0 Å². The number of anilines is 1. The van der Waals surface area contributed by atoms with E-state index in [9.17, 15) is 18.7 Å². The SMILES string of the molecule is CC(CO)C(O)ON=C1CN(c2ncc(-c3cccc(COC(=O)NC(=N)N)c3F)cc2F)C1. The van der Waals surface area contributed by atoms with Crippen molar-refractivity contribution >= 4 is 23.6 Å². The lowest BCUT2D eigenvalue weighted by Crippen LogP contribution is -2.48. The highest BCUT2D eigenvalue weighted by atomic mass is 19.1. The summed E-state index contributed by atoms with van der Waals surface area (Å²) in [4.78, 5) is 22.0. The Kier molecular flexibility index (Phi) is 7.91. The van der Waals surface area contributed by atoms with Crippen molar-refractivity contribution in [3.8, 4) is 11.1 Å². The highest BCUT2D eigenvalue weighted by Crippen LogP contribution is 2.29. The number of oxime groups is 1. The number of ether oxygens (including phenoxy) is 1. The first-order valence-corrected chi connectivity index (χ1v) is 10.2. The molecule has 1 saturated heterocycles. The average molecular weight is 478 g/mol. The Bertz CT molecular complexity index is 1090. The van der Waals surface area contributed by atoms with Crippen molar-refractivity contribution in [2.75, 3.05) is 24.6 Å². The number of nitrogens with zero attached hydrogens (tertiary/aromatic N) is 3. The summed E-state index contributed by atoms with van der Waals surface area (Å²) in [6.45, 7) is 1.37. The zero-order chi connectivity index (χ0) is 24.8. The summed E-state index contributed by atoms with van der Waals surface area (Å²) in [5.74, 6) is -2.45. The highest BCUT2D eigenvalue weighted by molar-refractivity contribution is 5.99. The topological polar surface area (TPSA) is 166 Å². The van der Waals surface area contributed by atoms with Crippen LogP contribution in [0.15, 0.2) is 35.6 Å². The van der Waals surface area contributed by atoms with Crippen LogP contribution >= 0.6 is 0 Å². The molecule has 1 aliphatic heterocycles. The second-order valence-electron chi connectivity index (χ2n) is 7.59. The van der Waals surface area contributed by atoms with Crippen molar-refractivity contribution in [2.45, 2.75) is 19.8 Å². The van der Waals surface area contributed by atoms with E-state index in [0.29, 0.717) is 5.71 Å². The number of carbonyl (C=O) groups excluding carboxylic acids is 1. The molecule has 1 aliphatic rings. The van der Waals surface area contributed by atoms with Crippen LogP contribution in [-0.4, -0.2) is 58.9 Å². The number of hydrogen-bond acceptors (Lipinski definition) is 9. The summed E-state index contributed by atoms with van der Waals surface area (Å²) in [5, 5.41) is 31.3. The Morgan fingerprint density at radius 1 is 1.41 bits per heavy atom. The number of hydrogen-bond donors (Lipinski definition) is 5. The van der Waals surface area contributed by atoms with Gasteiger partial charge in [-0.1, -0.05) is 30.3 Å². The third kappa shape index (κ3) is 5.94. The molecule has 1 aromatic carbocycles. The van der Waals surface area contributed by atoms with Gasteiger partial charge in [-0.25, -0.2) is 18.6 Å². The molecule has 34 heavy (non-hydrogen) atoms. The maximum atomic E-state index is 14.9. The molecule has 0 aliphatic carbocycles. The summed E-state index contributed by atoms with van der Waals surface area (Å²) in [6.07, 6.45) is -0.933. The van der Waals surface area contributed by atoms with Crippen LogP contribution in [0.25, 0.3) is 11.1 Å². The number of alkyl carbamates (subject to hydrolysis) is 1. The van der Waals surface area contributed by atoms with Crippen LogP contribution in [0, 0.1) is 23.0 Å². The Morgan fingerprint density at radius 3 is 2.79 bits per heavy atom. The molecule has 0 bridgehead atoms. The Hall–Kier alpha value is -3.84. The van der Waals surface area contributed by atoms with Gasteiger partial charge in [-0.3, -0.25) is 10.7 Å². The molecule has 3 rings (SSSR count). The molecule has 0 spiro atoms. The standard InChI is InChI=1S/C21H24F2N6O5/c1-11(9-30)19(31)34-28-14-7-29(8-14)18-16(22)5-13(6-26-18)15-4-2-3-12(17(15)23)10-33-21(32)27-20(24)25/h2-6,11,19,30-31H,7-10H2,1H3,(H4,24,25,27,32). The highest BCUT2D eigenvalue weighted by Gasteiger charge is 2.27. The van der Waals surface area contributed by atoms with Gasteiger partial charge in [-0.15, -0.1) is 0 Å². The van der Waals surface area contributed by atoms with Gasteiger partial charge in [-0.2, -0.15) is 0 Å². The number of carbonyl (C=O) groups is 1. The molecule has 1 amide bonds. The Labute approximate surface area is 193 Å². The van der Waals surface area contributed by atoms with Gasteiger partial charge in [0, 0.05) is 28.8 Å². The number of nitrogens with one attached hydrogen (secondary N) is 2. The quantitative estimate of drug-likeness (QED) is 0.164. The molecular weight excluding hydrogens is 454 g/mol. The van der Waals surface area contributed by atoms with E-state index in [4.69, 9.17) is 25.8 Å². The molecule has 0 radical (unpaired) electrons. The molecule has 182 valence electrons. The minimum Gasteiger partial charge on any atom is -0.444 e. The fourth-order valence-corrected chi connectivity index (χ4v) is 2.94. The molecule has 2 heterocycles. The minimum absolute atomic E-state index is 0.0435. The summed E-state index contributed by atoms with van der Waals surface area (Å²) in [7, 11) is 0. The predicted octanol–water partition coefficient (Wildman–Crippen LogP) is 1.29. The number of aromatic nitrogens is 1. The zero-order valence-corrected chi connectivity index (χ0v) is 18.2. The number of benzene rings is 1. The van der Waals surface area contributed by atoms with Gasteiger partial charge < -0.3 is 30.4 Å². The maximum absolute atomic E-state index is 14.9. The molecule has 2 unspecified atom stereocenters. The second-order valence-corrected chi connectivity index (χ2v) is 7.59. The van der Waals surface area contributed by atoms with Crippen LogP contribution in [0.1, 0.15) is 12.5 Å². The zero-order valence-electron chi connectivity index (χ0n) is 18.2. The first kappa shape index (κ1) is 24.8. The molecule has 1 fully saturated rings. The Morgan fingerprint density at radius 2 is 2.15 bits per heavy atom. The van der Waals surface area contributed by atoms with E-state index in [-0.39, 0.29) is 42.2 Å². The first-order chi connectivity index (χ1) is 16.2. The predicted molar refractivity (Wildman–Crippen MR) is 118 cm³/mol. The number of rotatable bonds is 8. The van der Waals surface area contributed by atoms with Gasteiger partial charge in [0.05, 0.1) is 25.4 Å². The number of guanidine groups is 1. The molecule has 11 nitrogen and oxygen atoms in total. The third-order valence-electron chi connectivity index (χ3n) is 4.92.